The lowest BCUT2D eigenvalue weighted by Gasteiger charge is -2.11. The van der Waals surface area contributed by atoms with Crippen LogP contribution >= 0.6 is 0 Å². The second-order valence-electron chi connectivity index (χ2n) is 8.42. The fraction of sp³-hybridized carbons (Fsp3) is 0.885. The molecule has 0 aliphatic heterocycles. The van der Waals surface area contributed by atoms with E-state index in [-0.39, 0.29) is 24.5 Å². The van der Waals surface area contributed by atoms with Crippen LogP contribution in [0.5, 0.6) is 0 Å². The van der Waals surface area contributed by atoms with Gasteiger partial charge in [0, 0.05) is 19.4 Å². The average molecular weight is 583 g/mol. The molecule has 1 atom stereocenters. The number of carbonyl (C=O) groups is 3. The number of carboxylic acids is 1. The summed E-state index contributed by atoms with van der Waals surface area (Å²) in [6.07, 6.45) is 0.798. The predicted molar refractivity (Wildman–Crippen MR) is 145 cm³/mol. The number of aliphatic carboxylic acids is 1. The maximum absolute atomic E-state index is 11.7. The summed E-state index contributed by atoms with van der Waals surface area (Å²) in [7, 11) is 1.55. The van der Waals surface area contributed by atoms with Crippen LogP contribution in [0.2, 0.25) is 0 Å². The molecule has 0 saturated carbocycles. The highest BCUT2D eigenvalue weighted by Gasteiger charge is 2.15. The average Bonchev–Trinajstić information content (AvgIpc) is 2.92. The molecule has 0 aromatic carbocycles. The fourth-order valence-electron chi connectivity index (χ4n) is 2.88. The molecule has 0 saturated heterocycles. The Morgan fingerprint density at radius 2 is 0.925 bits per heavy atom. The van der Waals surface area contributed by atoms with Gasteiger partial charge in [-0.25, -0.2) is 0 Å². The maximum Gasteiger partial charge on any atom is 0.320 e. The lowest BCUT2D eigenvalue weighted by molar-refractivity contribution is -0.139. The van der Waals surface area contributed by atoms with E-state index in [1.165, 1.54) is 6.92 Å². The van der Waals surface area contributed by atoms with Gasteiger partial charge in [0.05, 0.1) is 106 Å². The van der Waals surface area contributed by atoms with Gasteiger partial charge in [-0.3, -0.25) is 14.4 Å². The molecule has 0 aromatic heterocycles. The van der Waals surface area contributed by atoms with E-state index in [1.54, 1.807) is 7.05 Å². The Hall–Kier alpha value is -1.75. The molecule has 0 fully saturated rings. The first-order valence-corrected chi connectivity index (χ1v) is 13.8. The van der Waals surface area contributed by atoms with Crippen LogP contribution in [0.25, 0.3) is 0 Å². The number of rotatable bonds is 32. The minimum atomic E-state index is -0.974. The molecule has 0 bridgehead atoms. The molecule has 0 heterocycles. The number of carbonyl (C=O) groups excluding carboxylic acids is 2. The van der Waals surface area contributed by atoms with Gasteiger partial charge in [0.25, 0.3) is 0 Å². The van der Waals surface area contributed by atoms with Crippen molar-refractivity contribution in [3.63, 3.8) is 0 Å². The highest BCUT2D eigenvalue weighted by atomic mass is 16.6. The van der Waals surface area contributed by atoms with E-state index in [0.29, 0.717) is 119 Å². The van der Waals surface area contributed by atoms with Crippen molar-refractivity contribution in [1.82, 2.24) is 10.6 Å². The number of nitrogens with one attached hydrogen (secondary N) is 2. The van der Waals surface area contributed by atoms with Crippen LogP contribution in [0.15, 0.2) is 0 Å². The number of likely N-dealkylation sites (N-methyl/N-ethyl adjacent to an activating group) is 1. The number of hydrogen-bond acceptors (Lipinski definition) is 12. The van der Waals surface area contributed by atoms with Gasteiger partial charge in [-0.05, 0) is 20.4 Å². The normalized spacial score (nSPS) is 11.9. The van der Waals surface area contributed by atoms with Crippen LogP contribution in [0, 0.1) is 0 Å². The Labute approximate surface area is 237 Å². The van der Waals surface area contributed by atoms with E-state index in [4.69, 9.17) is 43.0 Å². The molecule has 14 nitrogen and oxygen atoms in total. The molecule has 236 valence electrons. The van der Waals surface area contributed by atoms with Crippen molar-refractivity contribution in [3.05, 3.63) is 0 Å². The molecule has 1 amide bonds. The molecule has 0 spiro atoms. The number of ether oxygens (including phenoxy) is 8. The third-order valence-corrected chi connectivity index (χ3v) is 5.08. The Morgan fingerprint density at radius 1 is 0.575 bits per heavy atom. The number of carboxylic acid groups (broad SMARTS) is 1. The molecule has 1 unspecified atom stereocenters. The number of Topliss-reactive ketones (excluding diaryl/α,β-unsaturated/α-hetero) is 1. The number of hydrogen-bond donors (Lipinski definition) is 3. The third kappa shape index (κ3) is 29.2. The van der Waals surface area contributed by atoms with Crippen LogP contribution < -0.4 is 10.6 Å². The van der Waals surface area contributed by atoms with Crippen LogP contribution in [0.4, 0.5) is 0 Å². The van der Waals surface area contributed by atoms with Gasteiger partial charge in [0.2, 0.25) is 5.91 Å². The molecular weight excluding hydrogens is 532 g/mol. The first-order valence-electron chi connectivity index (χ1n) is 13.8. The minimum Gasteiger partial charge on any atom is -0.480 e. The summed E-state index contributed by atoms with van der Waals surface area (Å²) in [6.45, 7) is 9.16. The van der Waals surface area contributed by atoms with Crippen LogP contribution in [-0.4, -0.2) is 148 Å². The summed E-state index contributed by atoms with van der Waals surface area (Å²) in [5, 5.41) is 14.2. The second-order valence-corrected chi connectivity index (χ2v) is 8.42. The van der Waals surface area contributed by atoms with Gasteiger partial charge in [0.1, 0.15) is 11.8 Å². The van der Waals surface area contributed by atoms with Gasteiger partial charge >= 0.3 is 5.97 Å². The standard InChI is InChI=1S/C26H50N2O12/c1-23(29)5-7-33-9-11-35-13-15-37-17-19-39-21-22-40-20-18-38-16-14-36-12-10-34-8-6-28-25(30)4-3-24(27-2)26(31)32/h24,27H,3-22H2,1-2H3,(H,28,30)(H,31,32). The Bertz CT molecular complexity index is 612. The van der Waals surface area contributed by atoms with Crippen LogP contribution in [0.3, 0.4) is 0 Å². The second kappa shape index (κ2) is 30.2. The van der Waals surface area contributed by atoms with Crippen molar-refractivity contribution >= 4 is 17.7 Å². The van der Waals surface area contributed by atoms with Crippen molar-refractivity contribution in [1.29, 1.82) is 0 Å². The molecule has 40 heavy (non-hydrogen) atoms. The van der Waals surface area contributed by atoms with Crippen LogP contribution in [0.1, 0.15) is 26.2 Å². The zero-order valence-corrected chi connectivity index (χ0v) is 24.2. The summed E-state index contributed by atoms with van der Waals surface area (Å²) >= 11 is 0. The number of amides is 1. The van der Waals surface area contributed by atoms with E-state index < -0.39 is 12.0 Å². The van der Waals surface area contributed by atoms with Gasteiger partial charge in [0.15, 0.2) is 0 Å². The molecule has 14 heteroatoms. The first-order chi connectivity index (χ1) is 19.5. The van der Waals surface area contributed by atoms with E-state index in [1.807, 2.05) is 0 Å². The molecule has 0 radical (unpaired) electrons. The van der Waals surface area contributed by atoms with Crippen molar-refractivity contribution in [3.8, 4) is 0 Å². The van der Waals surface area contributed by atoms with Gasteiger partial charge in [-0.15, -0.1) is 0 Å². The maximum atomic E-state index is 11.7. The summed E-state index contributed by atoms with van der Waals surface area (Å²) in [5.74, 6) is -1.06. The molecule has 0 rings (SSSR count). The van der Waals surface area contributed by atoms with Crippen molar-refractivity contribution in [2.45, 2.75) is 32.2 Å². The SMILES string of the molecule is CNC(CCC(=O)NCCOCCOCCOCCOCCOCCOCCOCCOCCC(C)=O)C(=O)O. The first kappa shape index (κ1) is 38.2. The Morgan fingerprint density at radius 3 is 1.25 bits per heavy atom. The zero-order valence-electron chi connectivity index (χ0n) is 24.2. The Kier molecular flexibility index (Phi) is 28.9. The van der Waals surface area contributed by atoms with Gasteiger partial charge in [-0.2, -0.15) is 0 Å². The van der Waals surface area contributed by atoms with E-state index in [9.17, 15) is 14.4 Å². The minimum absolute atomic E-state index is 0.117. The molecule has 0 aliphatic carbocycles. The van der Waals surface area contributed by atoms with Gasteiger partial charge < -0.3 is 53.6 Å². The predicted octanol–water partition coefficient (Wildman–Crippen LogP) is -0.333. The molecule has 3 N–H and O–H groups in total. The zero-order chi connectivity index (χ0) is 29.5. The molecule has 0 aliphatic rings. The lowest BCUT2D eigenvalue weighted by Crippen LogP contribution is -2.36. The van der Waals surface area contributed by atoms with E-state index in [2.05, 4.69) is 10.6 Å². The monoisotopic (exact) mass is 582 g/mol. The molecule has 0 aromatic rings. The topological polar surface area (TPSA) is 169 Å². The van der Waals surface area contributed by atoms with E-state index >= 15 is 0 Å². The summed E-state index contributed by atoms with van der Waals surface area (Å²) in [5.41, 5.74) is 0. The summed E-state index contributed by atoms with van der Waals surface area (Å²) in [4.78, 5) is 33.3. The highest BCUT2D eigenvalue weighted by molar-refractivity contribution is 5.78. The lowest BCUT2D eigenvalue weighted by atomic mass is 10.1. The summed E-state index contributed by atoms with van der Waals surface area (Å²) < 4.78 is 43.1. The van der Waals surface area contributed by atoms with Crippen molar-refractivity contribution < 1.29 is 57.4 Å². The number of ketones is 1. The van der Waals surface area contributed by atoms with E-state index in [0.717, 1.165) is 0 Å². The Balaban J connectivity index is 3.17. The fourth-order valence-corrected chi connectivity index (χ4v) is 2.88. The smallest absolute Gasteiger partial charge is 0.320 e. The quantitative estimate of drug-likeness (QED) is 0.0882. The highest BCUT2D eigenvalue weighted by Crippen LogP contribution is 1.97. The van der Waals surface area contributed by atoms with Crippen LogP contribution in [-0.2, 0) is 52.3 Å². The largest absolute Gasteiger partial charge is 0.480 e. The third-order valence-electron chi connectivity index (χ3n) is 5.08. The molecular formula is C26H50N2O12. The van der Waals surface area contributed by atoms with Crippen molar-refractivity contribution in [2.24, 2.45) is 0 Å². The van der Waals surface area contributed by atoms with Crippen molar-refractivity contribution in [2.75, 3.05) is 119 Å². The summed E-state index contributed by atoms with van der Waals surface area (Å²) in [6, 6.07) is -0.728. The van der Waals surface area contributed by atoms with Gasteiger partial charge in [-0.1, -0.05) is 0 Å².